The zero-order valence-corrected chi connectivity index (χ0v) is 15.8. The Bertz CT molecular complexity index is 636. The Morgan fingerprint density at radius 3 is 2.84 bits per heavy atom. The highest BCUT2D eigenvalue weighted by Crippen LogP contribution is 2.25. The Morgan fingerprint density at radius 2 is 2.08 bits per heavy atom. The molecule has 1 aliphatic heterocycles. The average molecular weight is 345 g/mol. The molecule has 138 valence electrons. The summed E-state index contributed by atoms with van der Waals surface area (Å²) in [5.41, 5.74) is 2.17. The lowest BCUT2D eigenvalue weighted by molar-refractivity contribution is -0.125. The van der Waals surface area contributed by atoms with Gasteiger partial charge in [-0.25, -0.2) is 0 Å². The van der Waals surface area contributed by atoms with Crippen molar-refractivity contribution in [3.63, 3.8) is 0 Å². The normalized spacial score (nSPS) is 22.0. The Hall–Kier alpha value is -1.82. The van der Waals surface area contributed by atoms with E-state index in [1.165, 1.54) is 0 Å². The van der Waals surface area contributed by atoms with E-state index in [1.807, 2.05) is 18.7 Å². The van der Waals surface area contributed by atoms with Crippen molar-refractivity contribution in [1.29, 1.82) is 0 Å². The molecule has 0 bridgehead atoms. The highest BCUT2D eigenvalue weighted by atomic mass is 16.1. The number of aryl methyl sites for hydroxylation is 2. The number of anilines is 1. The second kappa shape index (κ2) is 8.04. The summed E-state index contributed by atoms with van der Waals surface area (Å²) in [5.74, 6) is 1.46. The van der Waals surface area contributed by atoms with Crippen molar-refractivity contribution in [3.8, 4) is 0 Å². The maximum absolute atomic E-state index is 12.5. The van der Waals surface area contributed by atoms with E-state index in [2.05, 4.69) is 39.4 Å². The minimum absolute atomic E-state index is 0.122. The number of likely N-dealkylation sites (N-methyl/N-ethyl adjacent to an activating group) is 1. The Morgan fingerprint density at radius 1 is 1.24 bits per heavy atom. The molecular weight excluding hydrogens is 314 g/mol. The lowest BCUT2D eigenvalue weighted by Gasteiger charge is -2.25. The fourth-order valence-corrected chi connectivity index (χ4v) is 3.90. The Balaban J connectivity index is 1.70. The quantitative estimate of drug-likeness (QED) is 0.846. The summed E-state index contributed by atoms with van der Waals surface area (Å²) >= 11 is 0. The number of carbonyl (C=O) groups excluding carboxylic acids is 1. The number of amides is 1. The molecule has 0 spiro atoms. The molecule has 1 fully saturated rings. The smallest absolute Gasteiger partial charge is 0.223 e. The first-order valence-electron chi connectivity index (χ1n) is 9.45. The van der Waals surface area contributed by atoms with E-state index in [4.69, 9.17) is 0 Å². The molecule has 0 saturated carbocycles. The number of allylic oxidation sites excluding steroid dienone is 2. The van der Waals surface area contributed by atoms with Gasteiger partial charge in [-0.3, -0.25) is 9.48 Å². The molecular formula is C19H31N5O. The number of hydrogen-bond donors (Lipinski definition) is 1. The first kappa shape index (κ1) is 18.0. The maximum Gasteiger partial charge on any atom is 0.223 e. The second-order valence-electron chi connectivity index (χ2n) is 7.35. The number of carbonyl (C=O) groups is 1. The summed E-state index contributed by atoms with van der Waals surface area (Å²) in [5, 5.41) is 7.79. The van der Waals surface area contributed by atoms with E-state index in [0.29, 0.717) is 6.54 Å². The third-order valence-electron chi connectivity index (χ3n) is 5.41. The largest absolute Gasteiger partial charge is 0.355 e. The van der Waals surface area contributed by atoms with Crippen molar-refractivity contribution in [2.75, 3.05) is 38.1 Å². The van der Waals surface area contributed by atoms with Crippen LogP contribution in [0.1, 0.15) is 36.9 Å². The van der Waals surface area contributed by atoms with E-state index >= 15 is 0 Å². The molecule has 1 aromatic heterocycles. The topological polar surface area (TPSA) is 53.4 Å². The van der Waals surface area contributed by atoms with Crippen LogP contribution >= 0.6 is 0 Å². The second-order valence-corrected chi connectivity index (χ2v) is 7.35. The van der Waals surface area contributed by atoms with Crippen LogP contribution < -0.4 is 10.2 Å². The predicted molar refractivity (Wildman–Crippen MR) is 101 cm³/mol. The summed E-state index contributed by atoms with van der Waals surface area (Å²) in [6, 6.07) is 0. The molecule has 0 radical (unpaired) electrons. The van der Waals surface area contributed by atoms with Gasteiger partial charge in [-0.1, -0.05) is 12.2 Å². The standard InChI is InChI=1S/C19H31N5O/c1-15-17(14-20-18(25)16-8-5-4-6-9-16)19(23(3)21-15)24-11-7-10-22(2)12-13-24/h4-5,16H,6-14H2,1-3H3,(H,20,25)/t16-/m1/s1. The molecule has 2 aliphatic rings. The first-order valence-corrected chi connectivity index (χ1v) is 9.45. The highest BCUT2D eigenvalue weighted by molar-refractivity contribution is 5.79. The minimum Gasteiger partial charge on any atom is -0.355 e. The molecule has 2 heterocycles. The highest BCUT2D eigenvalue weighted by Gasteiger charge is 2.23. The zero-order valence-electron chi connectivity index (χ0n) is 15.8. The number of nitrogens with zero attached hydrogens (tertiary/aromatic N) is 4. The van der Waals surface area contributed by atoms with E-state index in [0.717, 1.165) is 68.9 Å². The Labute approximate surface area is 150 Å². The number of hydrogen-bond acceptors (Lipinski definition) is 4. The van der Waals surface area contributed by atoms with Gasteiger partial charge in [0.05, 0.1) is 5.69 Å². The molecule has 0 aromatic carbocycles. The van der Waals surface area contributed by atoms with Gasteiger partial charge in [-0.2, -0.15) is 5.10 Å². The van der Waals surface area contributed by atoms with E-state index in [-0.39, 0.29) is 11.8 Å². The van der Waals surface area contributed by atoms with Crippen molar-refractivity contribution in [3.05, 3.63) is 23.4 Å². The van der Waals surface area contributed by atoms with Gasteiger partial charge in [0, 0.05) is 44.7 Å². The summed E-state index contributed by atoms with van der Waals surface area (Å²) in [6.07, 6.45) is 8.28. The molecule has 3 rings (SSSR count). The first-order chi connectivity index (χ1) is 12.1. The van der Waals surface area contributed by atoms with Gasteiger partial charge in [-0.15, -0.1) is 0 Å². The van der Waals surface area contributed by atoms with Gasteiger partial charge < -0.3 is 15.1 Å². The molecule has 1 aromatic rings. The van der Waals surface area contributed by atoms with Crippen LogP contribution in [0.5, 0.6) is 0 Å². The van der Waals surface area contributed by atoms with Crippen molar-refractivity contribution in [2.24, 2.45) is 13.0 Å². The molecule has 1 saturated heterocycles. The molecule has 6 nitrogen and oxygen atoms in total. The minimum atomic E-state index is 0.122. The van der Waals surface area contributed by atoms with Crippen LogP contribution in [0.3, 0.4) is 0 Å². The summed E-state index contributed by atoms with van der Waals surface area (Å²) in [6.45, 7) is 6.85. The van der Waals surface area contributed by atoms with Crippen LogP contribution in [-0.2, 0) is 18.4 Å². The van der Waals surface area contributed by atoms with Gasteiger partial charge in [0.1, 0.15) is 5.82 Å². The SMILES string of the molecule is Cc1nn(C)c(N2CCCN(C)CC2)c1CNC(=O)[C@@H]1CC=CCC1. The number of nitrogens with one attached hydrogen (secondary N) is 1. The van der Waals surface area contributed by atoms with Gasteiger partial charge in [-0.05, 0) is 46.2 Å². The average Bonchev–Trinajstić information content (AvgIpc) is 2.75. The predicted octanol–water partition coefficient (Wildman–Crippen LogP) is 1.84. The fraction of sp³-hybridized carbons (Fsp3) is 0.684. The van der Waals surface area contributed by atoms with Crippen molar-refractivity contribution in [1.82, 2.24) is 20.0 Å². The van der Waals surface area contributed by atoms with Crippen molar-refractivity contribution < 1.29 is 4.79 Å². The third-order valence-corrected chi connectivity index (χ3v) is 5.41. The van der Waals surface area contributed by atoms with Crippen LogP contribution in [0.2, 0.25) is 0 Å². The summed E-state index contributed by atoms with van der Waals surface area (Å²) < 4.78 is 1.98. The lowest BCUT2D eigenvalue weighted by Crippen LogP contribution is -2.33. The molecule has 1 aliphatic carbocycles. The van der Waals surface area contributed by atoms with Crippen LogP contribution in [-0.4, -0.2) is 53.8 Å². The molecule has 1 atom stereocenters. The number of rotatable bonds is 4. The van der Waals surface area contributed by atoms with Crippen molar-refractivity contribution in [2.45, 2.75) is 39.2 Å². The third kappa shape index (κ3) is 4.24. The van der Waals surface area contributed by atoms with Gasteiger partial charge in [0.15, 0.2) is 0 Å². The van der Waals surface area contributed by atoms with Gasteiger partial charge >= 0.3 is 0 Å². The zero-order chi connectivity index (χ0) is 17.8. The molecule has 6 heteroatoms. The van der Waals surface area contributed by atoms with Gasteiger partial charge in [0.2, 0.25) is 5.91 Å². The van der Waals surface area contributed by atoms with E-state index < -0.39 is 0 Å². The van der Waals surface area contributed by atoms with Crippen molar-refractivity contribution >= 4 is 11.7 Å². The monoisotopic (exact) mass is 345 g/mol. The molecule has 1 N–H and O–H groups in total. The van der Waals surface area contributed by atoms with Crippen LogP contribution in [0.25, 0.3) is 0 Å². The van der Waals surface area contributed by atoms with Crippen LogP contribution in [0, 0.1) is 12.8 Å². The fourth-order valence-electron chi connectivity index (χ4n) is 3.90. The molecule has 0 unspecified atom stereocenters. The van der Waals surface area contributed by atoms with E-state index in [1.54, 1.807) is 0 Å². The molecule has 1 amide bonds. The van der Waals surface area contributed by atoms with Gasteiger partial charge in [0.25, 0.3) is 0 Å². The summed E-state index contributed by atoms with van der Waals surface area (Å²) in [4.78, 5) is 17.3. The van der Waals surface area contributed by atoms with Crippen LogP contribution in [0.15, 0.2) is 12.2 Å². The summed E-state index contributed by atoms with van der Waals surface area (Å²) in [7, 11) is 4.19. The maximum atomic E-state index is 12.5. The van der Waals surface area contributed by atoms with E-state index in [9.17, 15) is 4.79 Å². The molecule has 25 heavy (non-hydrogen) atoms. The number of aromatic nitrogens is 2. The van der Waals surface area contributed by atoms with Crippen LogP contribution in [0.4, 0.5) is 5.82 Å². The Kier molecular flexibility index (Phi) is 5.78. The lowest BCUT2D eigenvalue weighted by atomic mass is 9.93.